The standard InChI is InChI=1S/C19H19ClN2O4/c1-12(15-4-3-5-16(20)10-15)21-18(24)11-26-19(25)14-6-8-17(9-7-14)22-13(2)23/h3-10,12H,11H2,1-2H3,(H,21,24)(H,22,23). The Morgan fingerprint density at radius 1 is 1.12 bits per heavy atom. The largest absolute Gasteiger partial charge is 0.452 e. The molecule has 0 heterocycles. The molecule has 136 valence electrons. The Morgan fingerprint density at radius 2 is 1.81 bits per heavy atom. The van der Waals surface area contributed by atoms with Crippen molar-refractivity contribution in [2.24, 2.45) is 0 Å². The number of hydrogen-bond acceptors (Lipinski definition) is 4. The number of rotatable bonds is 6. The van der Waals surface area contributed by atoms with Crippen molar-refractivity contribution in [2.45, 2.75) is 19.9 Å². The Labute approximate surface area is 156 Å². The summed E-state index contributed by atoms with van der Waals surface area (Å²) in [6, 6.07) is 13.1. The third kappa shape index (κ3) is 5.89. The molecule has 2 N–H and O–H groups in total. The van der Waals surface area contributed by atoms with E-state index in [9.17, 15) is 14.4 Å². The van der Waals surface area contributed by atoms with Gasteiger partial charge in [-0.3, -0.25) is 9.59 Å². The molecule has 0 saturated heterocycles. The third-order valence-corrected chi connectivity index (χ3v) is 3.74. The molecule has 7 heteroatoms. The zero-order valence-corrected chi connectivity index (χ0v) is 15.2. The van der Waals surface area contributed by atoms with Crippen LogP contribution in [-0.4, -0.2) is 24.4 Å². The Hall–Kier alpha value is -2.86. The molecular weight excluding hydrogens is 356 g/mol. The molecule has 0 fully saturated rings. The first kappa shape index (κ1) is 19.5. The molecule has 0 spiro atoms. The monoisotopic (exact) mass is 374 g/mol. The number of nitrogens with one attached hydrogen (secondary N) is 2. The summed E-state index contributed by atoms with van der Waals surface area (Å²) in [5.74, 6) is -1.24. The van der Waals surface area contributed by atoms with Crippen LogP contribution >= 0.6 is 11.6 Å². The molecule has 0 aliphatic carbocycles. The highest BCUT2D eigenvalue weighted by atomic mass is 35.5. The van der Waals surface area contributed by atoms with Crippen LogP contribution in [0.15, 0.2) is 48.5 Å². The second-order valence-corrected chi connectivity index (χ2v) is 6.12. The Kier molecular flexibility index (Phi) is 6.74. The van der Waals surface area contributed by atoms with Gasteiger partial charge in [-0.1, -0.05) is 23.7 Å². The fraction of sp³-hybridized carbons (Fsp3) is 0.211. The lowest BCUT2D eigenvalue weighted by Crippen LogP contribution is -2.31. The van der Waals surface area contributed by atoms with E-state index in [0.717, 1.165) is 5.56 Å². The van der Waals surface area contributed by atoms with Crippen molar-refractivity contribution in [3.8, 4) is 0 Å². The van der Waals surface area contributed by atoms with Crippen molar-refractivity contribution in [2.75, 3.05) is 11.9 Å². The molecule has 2 rings (SSSR count). The summed E-state index contributed by atoms with van der Waals surface area (Å²) < 4.78 is 5.01. The van der Waals surface area contributed by atoms with E-state index in [-0.39, 0.29) is 17.5 Å². The minimum atomic E-state index is -0.620. The molecule has 2 aromatic rings. The smallest absolute Gasteiger partial charge is 0.338 e. The molecule has 0 bridgehead atoms. The van der Waals surface area contributed by atoms with Crippen LogP contribution in [0.25, 0.3) is 0 Å². The topological polar surface area (TPSA) is 84.5 Å². The average molecular weight is 375 g/mol. The Bertz CT molecular complexity index is 805. The van der Waals surface area contributed by atoms with E-state index in [1.54, 1.807) is 30.3 Å². The number of halogens is 1. The molecule has 0 aromatic heterocycles. The number of amides is 2. The summed E-state index contributed by atoms with van der Waals surface area (Å²) in [4.78, 5) is 34.9. The summed E-state index contributed by atoms with van der Waals surface area (Å²) in [6.07, 6.45) is 0. The van der Waals surface area contributed by atoms with Gasteiger partial charge in [0.05, 0.1) is 11.6 Å². The van der Waals surface area contributed by atoms with Gasteiger partial charge in [0.15, 0.2) is 6.61 Å². The van der Waals surface area contributed by atoms with Crippen LogP contribution in [0.3, 0.4) is 0 Å². The van der Waals surface area contributed by atoms with Crippen LogP contribution in [0.5, 0.6) is 0 Å². The highest BCUT2D eigenvalue weighted by Gasteiger charge is 2.13. The number of carbonyl (C=O) groups is 3. The average Bonchev–Trinajstić information content (AvgIpc) is 2.59. The number of benzene rings is 2. The first-order valence-electron chi connectivity index (χ1n) is 7.95. The highest BCUT2D eigenvalue weighted by Crippen LogP contribution is 2.17. The van der Waals surface area contributed by atoms with E-state index in [4.69, 9.17) is 16.3 Å². The Balaban J connectivity index is 1.84. The van der Waals surface area contributed by atoms with E-state index >= 15 is 0 Å². The number of anilines is 1. The van der Waals surface area contributed by atoms with Crippen LogP contribution in [0.1, 0.15) is 35.8 Å². The van der Waals surface area contributed by atoms with Gasteiger partial charge in [0, 0.05) is 17.6 Å². The summed E-state index contributed by atoms with van der Waals surface area (Å²) in [5, 5.41) is 5.92. The minimum Gasteiger partial charge on any atom is -0.452 e. The summed E-state index contributed by atoms with van der Waals surface area (Å²) in [6.45, 7) is 2.81. The van der Waals surface area contributed by atoms with E-state index in [0.29, 0.717) is 10.7 Å². The van der Waals surface area contributed by atoms with E-state index < -0.39 is 18.5 Å². The van der Waals surface area contributed by atoms with E-state index in [2.05, 4.69) is 10.6 Å². The number of esters is 1. The van der Waals surface area contributed by atoms with Gasteiger partial charge < -0.3 is 15.4 Å². The van der Waals surface area contributed by atoms with Crippen LogP contribution in [-0.2, 0) is 14.3 Å². The van der Waals surface area contributed by atoms with Gasteiger partial charge in [0.1, 0.15) is 0 Å². The lowest BCUT2D eigenvalue weighted by atomic mass is 10.1. The lowest BCUT2D eigenvalue weighted by Gasteiger charge is -2.14. The van der Waals surface area contributed by atoms with Crippen molar-refractivity contribution in [3.63, 3.8) is 0 Å². The molecule has 1 atom stereocenters. The van der Waals surface area contributed by atoms with Crippen molar-refractivity contribution in [1.82, 2.24) is 5.32 Å². The van der Waals surface area contributed by atoms with Gasteiger partial charge >= 0.3 is 5.97 Å². The lowest BCUT2D eigenvalue weighted by molar-refractivity contribution is -0.124. The predicted molar refractivity (Wildman–Crippen MR) is 99.0 cm³/mol. The molecule has 1 unspecified atom stereocenters. The SMILES string of the molecule is CC(=O)Nc1ccc(C(=O)OCC(=O)NC(C)c2cccc(Cl)c2)cc1. The Morgan fingerprint density at radius 3 is 2.42 bits per heavy atom. The van der Waals surface area contributed by atoms with Crippen molar-refractivity contribution in [1.29, 1.82) is 0 Å². The second kappa shape index (κ2) is 9.01. The van der Waals surface area contributed by atoms with Gasteiger partial charge in [-0.25, -0.2) is 4.79 Å². The molecule has 26 heavy (non-hydrogen) atoms. The van der Waals surface area contributed by atoms with E-state index in [1.165, 1.54) is 19.1 Å². The molecular formula is C19H19ClN2O4. The number of hydrogen-bond donors (Lipinski definition) is 2. The fourth-order valence-electron chi connectivity index (χ4n) is 2.25. The maximum atomic E-state index is 12.0. The van der Waals surface area contributed by atoms with Crippen LogP contribution in [0, 0.1) is 0 Å². The van der Waals surface area contributed by atoms with Gasteiger partial charge in [-0.05, 0) is 48.9 Å². The maximum absolute atomic E-state index is 12.0. The fourth-order valence-corrected chi connectivity index (χ4v) is 2.45. The van der Waals surface area contributed by atoms with Gasteiger partial charge in [-0.2, -0.15) is 0 Å². The molecule has 0 aliphatic heterocycles. The maximum Gasteiger partial charge on any atom is 0.338 e. The van der Waals surface area contributed by atoms with Crippen LogP contribution in [0.2, 0.25) is 5.02 Å². The van der Waals surface area contributed by atoms with Crippen molar-refractivity contribution >= 4 is 35.1 Å². The van der Waals surface area contributed by atoms with Gasteiger partial charge in [0.25, 0.3) is 5.91 Å². The zero-order valence-electron chi connectivity index (χ0n) is 14.4. The number of ether oxygens (including phenoxy) is 1. The van der Waals surface area contributed by atoms with Crippen LogP contribution in [0.4, 0.5) is 5.69 Å². The first-order valence-corrected chi connectivity index (χ1v) is 8.32. The quantitative estimate of drug-likeness (QED) is 0.759. The normalized spacial score (nSPS) is 11.3. The third-order valence-electron chi connectivity index (χ3n) is 3.50. The molecule has 0 radical (unpaired) electrons. The van der Waals surface area contributed by atoms with Crippen molar-refractivity contribution in [3.05, 3.63) is 64.7 Å². The molecule has 2 amide bonds. The molecule has 0 aliphatic rings. The molecule has 6 nitrogen and oxygen atoms in total. The van der Waals surface area contributed by atoms with Gasteiger partial charge in [-0.15, -0.1) is 0 Å². The van der Waals surface area contributed by atoms with E-state index in [1.807, 2.05) is 13.0 Å². The predicted octanol–water partition coefficient (Wildman–Crippen LogP) is 3.33. The summed E-state index contributed by atoms with van der Waals surface area (Å²) in [7, 11) is 0. The summed E-state index contributed by atoms with van der Waals surface area (Å²) in [5.41, 5.74) is 1.71. The highest BCUT2D eigenvalue weighted by molar-refractivity contribution is 6.30. The van der Waals surface area contributed by atoms with Crippen molar-refractivity contribution < 1.29 is 19.1 Å². The first-order chi connectivity index (χ1) is 12.3. The zero-order chi connectivity index (χ0) is 19.1. The number of carbonyl (C=O) groups excluding carboxylic acids is 3. The van der Waals surface area contributed by atoms with Crippen LogP contribution < -0.4 is 10.6 Å². The second-order valence-electron chi connectivity index (χ2n) is 5.68. The molecule has 2 aromatic carbocycles. The summed E-state index contributed by atoms with van der Waals surface area (Å²) >= 11 is 5.93. The molecule has 0 saturated carbocycles. The van der Waals surface area contributed by atoms with Gasteiger partial charge in [0.2, 0.25) is 5.91 Å². The minimum absolute atomic E-state index is 0.203.